The van der Waals surface area contributed by atoms with E-state index in [0.29, 0.717) is 17.7 Å². The van der Waals surface area contributed by atoms with E-state index in [1.54, 1.807) is 13.0 Å². The summed E-state index contributed by atoms with van der Waals surface area (Å²) in [6.07, 6.45) is 5.63. The molecule has 0 aliphatic rings. The molecule has 0 aromatic heterocycles. The number of aliphatic hydroxyl groups is 1. The topological polar surface area (TPSA) is 46.5 Å². The molecule has 36 heavy (non-hydrogen) atoms. The number of aryl methyl sites for hydroxylation is 5. The summed E-state index contributed by atoms with van der Waals surface area (Å²) >= 11 is 0. The van der Waals surface area contributed by atoms with E-state index in [0.717, 1.165) is 61.6 Å². The number of hydrogen-bond acceptors (Lipinski definition) is 3. The van der Waals surface area contributed by atoms with Crippen LogP contribution in [-0.2, 0) is 41.6 Å². The molecule has 0 radical (unpaired) electrons. The zero-order chi connectivity index (χ0) is 25.9. The van der Waals surface area contributed by atoms with Gasteiger partial charge in [-0.25, -0.2) is 9.18 Å². The van der Waals surface area contributed by atoms with Crippen LogP contribution in [0.25, 0.3) is 11.1 Å². The zero-order valence-electron chi connectivity index (χ0n) is 21.5. The van der Waals surface area contributed by atoms with Crippen LogP contribution >= 0.6 is 0 Å². The average Bonchev–Trinajstić information content (AvgIpc) is 2.89. The first kappa shape index (κ1) is 27.3. The van der Waals surface area contributed by atoms with Crippen molar-refractivity contribution >= 4 is 5.97 Å². The van der Waals surface area contributed by atoms with Gasteiger partial charge in [-0.2, -0.15) is 0 Å². The predicted molar refractivity (Wildman–Crippen MR) is 145 cm³/mol. The number of rotatable bonds is 13. The zero-order valence-corrected chi connectivity index (χ0v) is 21.5. The predicted octanol–water partition coefficient (Wildman–Crippen LogP) is 6.82. The maximum Gasteiger partial charge on any atom is 0.333 e. The molecule has 3 aromatic rings. The van der Waals surface area contributed by atoms with Crippen molar-refractivity contribution in [1.82, 2.24) is 0 Å². The Hall–Kier alpha value is -3.24. The summed E-state index contributed by atoms with van der Waals surface area (Å²) in [4.78, 5) is 11.4. The van der Waals surface area contributed by atoms with Crippen LogP contribution in [0.2, 0.25) is 0 Å². The lowest BCUT2D eigenvalue weighted by Gasteiger charge is -2.13. The van der Waals surface area contributed by atoms with Crippen molar-refractivity contribution in [3.05, 3.63) is 106 Å². The lowest BCUT2D eigenvalue weighted by molar-refractivity contribution is -0.139. The van der Waals surface area contributed by atoms with Gasteiger partial charge in [-0.3, -0.25) is 0 Å². The van der Waals surface area contributed by atoms with Crippen LogP contribution in [-0.4, -0.2) is 24.3 Å². The molecule has 0 atom stereocenters. The number of aliphatic hydroxyl groups excluding tert-OH is 1. The monoisotopic (exact) mass is 488 g/mol. The first-order valence-electron chi connectivity index (χ1n) is 12.8. The fourth-order valence-corrected chi connectivity index (χ4v) is 4.30. The maximum atomic E-state index is 15.1. The maximum absolute atomic E-state index is 15.1. The molecule has 0 amide bonds. The number of hydrogen-bond donors (Lipinski definition) is 1. The molecule has 1 N–H and O–H groups in total. The van der Waals surface area contributed by atoms with Gasteiger partial charge in [-0.05, 0) is 91.3 Å². The van der Waals surface area contributed by atoms with E-state index in [2.05, 4.69) is 43.8 Å². The molecule has 3 rings (SSSR count). The van der Waals surface area contributed by atoms with Crippen LogP contribution in [0, 0.1) is 5.82 Å². The van der Waals surface area contributed by atoms with Crippen LogP contribution in [0.3, 0.4) is 0 Å². The van der Waals surface area contributed by atoms with Gasteiger partial charge in [0.2, 0.25) is 0 Å². The molecular weight excluding hydrogens is 451 g/mol. The highest BCUT2D eigenvalue weighted by Crippen LogP contribution is 2.29. The van der Waals surface area contributed by atoms with Gasteiger partial charge in [-0.15, -0.1) is 0 Å². The third kappa shape index (κ3) is 7.89. The minimum absolute atomic E-state index is 0.179. The normalized spacial score (nSPS) is 10.9. The number of esters is 1. The summed E-state index contributed by atoms with van der Waals surface area (Å²) in [5.41, 5.74) is 7.71. The Kier molecular flexibility index (Phi) is 10.4. The molecule has 0 heterocycles. The molecule has 0 unspecified atom stereocenters. The Morgan fingerprint density at radius 2 is 1.39 bits per heavy atom. The van der Waals surface area contributed by atoms with Crippen molar-refractivity contribution in [2.75, 3.05) is 13.2 Å². The molecule has 3 nitrogen and oxygen atoms in total. The highest BCUT2D eigenvalue weighted by Gasteiger charge is 2.11. The minimum Gasteiger partial charge on any atom is -0.462 e. The Morgan fingerprint density at radius 1 is 0.833 bits per heavy atom. The standard InChI is InChI=1S/C32H37FO3/c1-4-28-21-26(7-5-19-34)15-17-29(28)30-18-16-27(22-31(30)33)14-13-25-11-9-24(10-12-25)8-6-20-36-32(35)23(2)3/h9-12,15-18,21-22,34H,2,4-8,13-14,19-20H2,1,3H3. The van der Waals surface area contributed by atoms with Gasteiger partial charge < -0.3 is 9.84 Å². The number of ether oxygens (including phenoxy) is 1. The summed E-state index contributed by atoms with van der Waals surface area (Å²) in [7, 11) is 0. The molecule has 0 fully saturated rings. The quantitative estimate of drug-likeness (QED) is 0.163. The summed E-state index contributed by atoms with van der Waals surface area (Å²) in [6, 6.07) is 20.2. The van der Waals surface area contributed by atoms with E-state index < -0.39 is 0 Å². The highest BCUT2D eigenvalue weighted by molar-refractivity contribution is 5.86. The third-order valence-corrected chi connectivity index (χ3v) is 6.41. The molecule has 0 aliphatic carbocycles. The van der Waals surface area contributed by atoms with Gasteiger partial charge in [0.15, 0.2) is 0 Å². The van der Waals surface area contributed by atoms with E-state index in [-0.39, 0.29) is 18.4 Å². The van der Waals surface area contributed by atoms with Crippen molar-refractivity contribution in [3.8, 4) is 11.1 Å². The Morgan fingerprint density at radius 3 is 2.00 bits per heavy atom. The first-order chi connectivity index (χ1) is 17.4. The second-order valence-electron chi connectivity index (χ2n) is 9.32. The van der Waals surface area contributed by atoms with Crippen molar-refractivity contribution in [1.29, 1.82) is 0 Å². The van der Waals surface area contributed by atoms with Crippen molar-refractivity contribution < 1.29 is 19.0 Å². The van der Waals surface area contributed by atoms with Crippen molar-refractivity contribution in [3.63, 3.8) is 0 Å². The first-order valence-corrected chi connectivity index (χ1v) is 12.8. The lowest BCUT2D eigenvalue weighted by atomic mass is 9.93. The largest absolute Gasteiger partial charge is 0.462 e. The number of carbonyl (C=O) groups excluding carboxylic acids is 1. The third-order valence-electron chi connectivity index (χ3n) is 6.41. The number of benzene rings is 3. The van der Waals surface area contributed by atoms with Crippen LogP contribution in [0.4, 0.5) is 4.39 Å². The van der Waals surface area contributed by atoms with Crippen LogP contribution in [0.5, 0.6) is 0 Å². The fraction of sp³-hybridized carbons (Fsp3) is 0.344. The summed E-state index contributed by atoms with van der Waals surface area (Å²) in [5, 5.41) is 9.08. The molecule has 4 heteroatoms. The molecule has 3 aromatic carbocycles. The Bertz CT molecular complexity index is 1160. The average molecular weight is 489 g/mol. The van der Waals surface area contributed by atoms with E-state index >= 15 is 4.39 Å². The Labute approximate surface area is 214 Å². The van der Waals surface area contributed by atoms with Gasteiger partial charge in [-0.1, -0.05) is 68.1 Å². The van der Waals surface area contributed by atoms with Gasteiger partial charge in [0.05, 0.1) is 6.61 Å². The van der Waals surface area contributed by atoms with Gasteiger partial charge in [0, 0.05) is 17.7 Å². The van der Waals surface area contributed by atoms with E-state index in [4.69, 9.17) is 9.84 Å². The molecule has 190 valence electrons. The second-order valence-corrected chi connectivity index (χ2v) is 9.32. The second kappa shape index (κ2) is 13.7. The van der Waals surface area contributed by atoms with Crippen LogP contribution in [0.15, 0.2) is 72.8 Å². The minimum atomic E-state index is -0.340. The summed E-state index contributed by atoms with van der Waals surface area (Å²) < 4.78 is 20.2. The van der Waals surface area contributed by atoms with E-state index in [1.807, 2.05) is 24.3 Å². The lowest BCUT2D eigenvalue weighted by Crippen LogP contribution is -2.06. The van der Waals surface area contributed by atoms with Crippen molar-refractivity contribution in [2.24, 2.45) is 0 Å². The van der Waals surface area contributed by atoms with E-state index in [1.165, 1.54) is 16.7 Å². The van der Waals surface area contributed by atoms with Gasteiger partial charge in [0.25, 0.3) is 0 Å². The fourth-order valence-electron chi connectivity index (χ4n) is 4.30. The molecule has 0 saturated heterocycles. The van der Waals surface area contributed by atoms with Crippen molar-refractivity contribution in [2.45, 2.75) is 58.8 Å². The van der Waals surface area contributed by atoms with Crippen LogP contribution < -0.4 is 0 Å². The molecule has 0 aliphatic heterocycles. The van der Waals surface area contributed by atoms with Gasteiger partial charge >= 0.3 is 5.97 Å². The molecule has 0 saturated carbocycles. The smallest absolute Gasteiger partial charge is 0.333 e. The Balaban J connectivity index is 1.56. The summed E-state index contributed by atoms with van der Waals surface area (Å²) in [6.45, 7) is 7.88. The number of carbonyl (C=O) groups is 1. The number of halogens is 1. The van der Waals surface area contributed by atoms with Crippen LogP contribution in [0.1, 0.15) is 54.5 Å². The molecule has 0 spiro atoms. The molecular formula is C32H37FO3. The SMILES string of the molecule is C=C(C)C(=O)OCCCc1ccc(CCc2ccc(-c3ccc(CCCO)cc3CC)c(F)c2)cc1. The van der Waals surface area contributed by atoms with Gasteiger partial charge in [0.1, 0.15) is 5.82 Å². The van der Waals surface area contributed by atoms with E-state index in [9.17, 15) is 4.79 Å². The summed E-state index contributed by atoms with van der Waals surface area (Å²) in [5.74, 6) is -0.527. The highest BCUT2D eigenvalue weighted by atomic mass is 19.1. The molecule has 0 bridgehead atoms.